The van der Waals surface area contributed by atoms with Crippen LogP contribution in [0.4, 0.5) is 0 Å². The molecule has 5 heteroatoms. The lowest BCUT2D eigenvalue weighted by Crippen LogP contribution is -2.01. The minimum absolute atomic E-state index is 0.578. The van der Waals surface area contributed by atoms with Crippen molar-refractivity contribution in [3.63, 3.8) is 0 Å². The zero-order chi connectivity index (χ0) is 31.2. The average molecular weight is 605 g/mol. The highest BCUT2D eigenvalue weighted by Gasteiger charge is 2.21. The summed E-state index contributed by atoms with van der Waals surface area (Å²) in [6.07, 6.45) is 8.88. The standard InChI is InChI=1S/C42H28N4O/c1-4-12-27(13-5-1)29-20-22-31(23-21-29)40-44-39(30-16-8-3-9-17-30)45-41(46-40)34-25-33(28-14-6-2-7-15-28)26-37-38(34)35-24-32-18-10-11-19-36(32)43-42(35)47-37/h2-4,6-26H,1,5H2. The van der Waals surface area contributed by atoms with E-state index in [9.17, 15) is 0 Å². The molecule has 3 heterocycles. The maximum Gasteiger partial charge on any atom is 0.227 e. The van der Waals surface area contributed by atoms with Gasteiger partial charge in [-0.2, -0.15) is 0 Å². The highest BCUT2D eigenvalue weighted by Crippen LogP contribution is 2.40. The molecule has 0 saturated carbocycles. The normalized spacial score (nSPS) is 13.0. The number of allylic oxidation sites excluding steroid dienone is 4. The Bertz CT molecular complexity index is 2500. The van der Waals surface area contributed by atoms with Crippen molar-refractivity contribution < 1.29 is 4.42 Å². The largest absolute Gasteiger partial charge is 0.438 e. The second-order valence-electron chi connectivity index (χ2n) is 11.8. The van der Waals surface area contributed by atoms with E-state index in [4.69, 9.17) is 24.4 Å². The van der Waals surface area contributed by atoms with E-state index < -0.39 is 0 Å². The molecule has 8 aromatic rings. The Kier molecular flexibility index (Phi) is 6.53. The number of hydrogen-bond acceptors (Lipinski definition) is 5. The van der Waals surface area contributed by atoms with Crippen LogP contribution in [0.25, 0.3) is 83.8 Å². The summed E-state index contributed by atoms with van der Waals surface area (Å²) in [5.74, 6) is 1.81. The summed E-state index contributed by atoms with van der Waals surface area (Å²) in [5, 5.41) is 2.90. The lowest BCUT2D eigenvalue weighted by Gasteiger charge is -2.12. The molecule has 0 fully saturated rings. The fourth-order valence-electron chi connectivity index (χ4n) is 6.39. The number of aromatic nitrogens is 4. The van der Waals surface area contributed by atoms with Crippen LogP contribution in [0, 0.1) is 0 Å². The predicted molar refractivity (Wildman–Crippen MR) is 191 cm³/mol. The molecule has 5 nitrogen and oxygen atoms in total. The Balaban J connectivity index is 1.30. The maximum absolute atomic E-state index is 6.49. The summed E-state index contributed by atoms with van der Waals surface area (Å²) in [6.45, 7) is 0. The van der Waals surface area contributed by atoms with Crippen LogP contribution in [-0.2, 0) is 0 Å². The third kappa shape index (κ3) is 4.99. The lowest BCUT2D eigenvalue weighted by molar-refractivity contribution is 0.656. The van der Waals surface area contributed by atoms with Gasteiger partial charge in [0.05, 0.1) is 5.52 Å². The maximum atomic E-state index is 6.49. The van der Waals surface area contributed by atoms with E-state index in [1.165, 1.54) is 11.1 Å². The van der Waals surface area contributed by atoms with Crippen molar-refractivity contribution in [2.45, 2.75) is 12.8 Å². The van der Waals surface area contributed by atoms with Crippen LogP contribution < -0.4 is 0 Å². The van der Waals surface area contributed by atoms with E-state index in [1.54, 1.807) is 0 Å². The van der Waals surface area contributed by atoms with Gasteiger partial charge in [0, 0.05) is 32.8 Å². The monoisotopic (exact) mass is 604 g/mol. The molecule has 222 valence electrons. The zero-order valence-corrected chi connectivity index (χ0v) is 25.5. The molecule has 47 heavy (non-hydrogen) atoms. The van der Waals surface area contributed by atoms with Gasteiger partial charge in [-0.1, -0.05) is 121 Å². The second kappa shape index (κ2) is 11.3. The first-order valence-electron chi connectivity index (χ1n) is 15.9. The van der Waals surface area contributed by atoms with Crippen LogP contribution in [0.15, 0.2) is 150 Å². The molecule has 0 N–H and O–H groups in total. The van der Waals surface area contributed by atoms with Crippen molar-refractivity contribution in [2.75, 3.05) is 0 Å². The third-order valence-corrected chi connectivity index (χ3v) is 8.75. The number of furan rings is 1. The zero-order valence-electron chi connectivity index (χ0n) is 25.5. The molecule has 0 saturated heterocycles. The van der Waals surface area contributed by atoms with Gasteiger partial charge in [0.1, 0.15) is 5.58 Å². The molecule has 9 rings (SSSR count). The van der Waals surface area contributed by atoms with Gasteiger partial charge < -0.3 is 4.42 Å². The van der Waals surface area contributed by atoms with E-state index >= 15 is 0 Å². The van der Waals surface area contributed by atoms with Crippen molar-refractivity contribution in [2.24, 2.45) is 0 Å². The van der Waals surface area contributed by atoms with Gasteiger partial charge in [0.25, 0.3) is 0 Å². The van der Waals surface area contributed by atoms with Gasteiger partial charge in [-0.3, -0.25) is 0 Å². The summed E-state index contributed by atoms with van der Waals surface area (Å²) >= 11 is 0. The molecule has 0 aliphatic heterocycles. The number of nitrogens with zero attached hydrogens (tertiary/aromatic N) is 4. The second-order valence-corrected chi connectivity index (χ2v) is 11.8. The molecule has 0 unspecified atom stereocenters. The number of fused-ring (bicyclic) bond motifs is 4. The van der Waals surface area contributed by atoms with Crippen LogP contribution in [0.3, 0.4) is 0 Å². The molecular formula is C42H28N4O. The Labute approximate surface area is 271 Å². The van der Waals surface area contributed by atoms with Crippen molar-refractivity contribution in [1.82, 2.24) is 19.9 Å². The molecule has 1 aliphatic carbocycles. The Morgan fingerprint density at radius 3 is 1.91 bits per heavy atom. The Hall–Kier alpha value is -6.20. The van der Waals surface area contributed by atoms with E-state index in [-0.39, 0.29) is 0 Å². The van der Waals surface area contributed by atoms with Crippen LogP contribution in [-0.4, -0.2) is 19.9 Å². The molecule has 5 aromatic carbocycles. The predicted octanol–water partition coefficient (Wildman–Crippen LogP) is 10.7. The molecule has 0 radical (unpaired) electrons. The van der Waals surface area contributed by atoms with Crippen LogP contribution in [0.2, 0.25) is 0 Å². The topological polar surface area (TPSA) is 64.7 Å². The average Bonchev–Trinajstić information content (AvgIpc) is 3.51. The summed E-state index contributed by atoms with van der Waals surface area (Å²) in [6, 6.07) is 43.4. The van der Waals surface area contributed by atoms with E-state index in [2.05, 4.69) is 78.9 Å². The number of pyridine rings is 1. The van der Waals surface area contributed by atoms with Gasteiger partial charge >= 0.3 is 0 Å². The quantitative estimate of drug-likeness (QED) is 0.196. The molecule has 0 spiro atoms. The summed E-state index contributed by atoms with van der Waals surface area (Å²) in [4.78, 5) is 20.2. The van der Waals surface area contributed by atoms with Crippen molar-refractivity contribution in [3.05, 3.63) is 151 Å². The Morgan fingerprint density at radius 1 is 0.511 bits per heavy atom. The van der Waals surface area contributed by atoms with Gasteiger partial charge in [-0.05, 0) is 59.4 Å². The molecule has 1 aliphatic rings. The number of hydrogen-bond donors (Lipinski definition) is 0. The fourth-order valence-corrected chi connectivity index (χ4v) is 6.39. The number of benzene rings is 5. The first kappa shape index (κ1) is 27.1. The van der Waals surface area contributed by atoms with Crippen LogP contribution in [0.5, 0.6) is 0 Å². The molecule has 0 amide bonds. The fraction of sp³-hybridized carbons (Fsp3) is 0.0476. The lowest BCUT2D eigenvalue weighted by atomic mass is 9.98. The summed E-state index contributed by atoms with van der Waals surface area (Å²) in [7, 11) is 0. The minimum atomic E-state index is 0.578. The summed E-state index contributed by atoms with van der Waals surface area (Å²) < 4.78 is 6.49. The minimum Gasteiger partial charge on any atom is -0.438 e. The third-order valence-electron chi connectivity index (χ3n) is 8.75. The molecule has 3 aromatic heterocycles. The van der Waals surface area contributed by atoms with E-state index in [1.807, 2.05) is 66.7 Å². The van der Waals surface area contributed by atoms with Gasteiger partial charge in [-0.25, -0.2) is 19.9 Å². The van der Waals surface area contributed by atoms with E-state index in [0.717, 1.165) is 67.9 Å². The molecule has 0 atom stereocenters. The van der Waals surface area contributed by atoms with Crippen molar-refractivity contribution in [3.8, 4) is 45.3 Å². The number of rotatable bonds is 5. The highest BCUT2D eigenvalue weighted by atomic mass is 16.3. The molecule has 0 bridgehead atoms. The first-order chi connectivity index (χ1) is 23.3. The van der Waals surface area contributed by atoms with Crippen molar-refractivity contribution in [1.29, 1.82) is 0 Å². The van der Waals surface area contributed by atoms with Gasteiger partial charge in [-0.15, -0.1) is 0 Å². The Morgan fingerprint density at radius 2 is 1.17 bits per heavy atom. The van der Waals surface area contributed by atoms with Crippen molar-refractivity contribution >= 4 is 38.5 Å². The van der Waals surface area contributed by atoms with Gasteiger partial charge in [0.15, 0.2) is 17.5 Å². The van der Waals surface area contributed by atoms with E-state index in [0.29, 0.717) is 23.2 Å². The first-order valence-corrected chi connectivity index (χ1v) is 15.9. The number of para-hydroxylation sites is 1. The smallest absolute Gasteiger partial charge is 0.227 e. The highest BCUT2D eigenvalue weighted by molar-refractivity contribution is 6.14. The van der Waals surface area contributed by atoms with Gasteiger partial charge in [0.2, 0.25) is 5.71 Å². The van der Waals surface area contributed by atoms with Crippen LogP contribution in [0.1, 0.15) is 18.4 Å². The SMILES string of the molecule is C1=CC(c2ccc(-c3nc(-c4ccccc4)nc(-c4cc(-c5ccccc5)cc5oc6nc7ccccc7cc6c45)n3)cc2)=CCC1. The van der Waals surface area contributed by atoms with Crippen LogP contribution >= 0.6 is 0 Å². The molecular weight excluding hydrogens is 576 g/mol. The summed E-state index contributed by atoms with van der Waals surface area (Å²) in [5.41, 5.74) is 9.45.